The first-order valence-corrected chi connectivity index (χ1v) is 4.82. The molecule has 0 bridgehead atoms. The summed E-state index contributed by atoms with van der Waals surface area (Å²) in [6.45, 7) is 7.15. The highest BCUT2D eigenvalue weighted by Gasteiger charge is 2.28. The van der Waals surface area contributed by atoms with Gasteiger partial charge in [-0.05, 0) is 19.9 Å². The van der Waals surface area contributed by atoms with Crippen LogP contribution in [-0.2, 0) is 4.74 Å². The summed E-state index contributed by atoms with van der Waals surface area (Å²) in [5, 5.41) is 0. The van der Waals surface area contributed by atoms with Crippen molar-refractivity contribution in [3.8, 4) is 0 Å². The Bertz CT molecular complexity index is 164. The van der Waals surface area contributed by atoms with Crippen molar-refractivity contribution in [1.29, 1.82) is 0 Å². The minimum atomic E-state index is -0.0456. The van der Waals surface area contributed by atoms with Crippen molar-refractivity contribution < 1.29 is 4.74 Å². The molecule has 3 nitrogen and oxygen atoms in total. The number of likely N-dealkylation sites (N-methyl/N-ethyl adjacent to an activating group) is 1. The average molecular weight is 184 g/mol. The van der Waals surface area contributed by atoms with Crippen LogP contribution in [0.2, 0.25) is 0 Å². The lowest BCUT2D eigenvalue weighted by Crippen LogP contribution is -2.52. The molecule has 3 heteroatoms. The lowest BCUT2D eigenvalue weighted by atomic mass is 9.91. The molecule has 2 N–H and O–H groups in total. The molecule has 0 aromatic rings. The van der Waals surface area contributed by atoms with Crippen LogP contribution in [0.3, 0.4) is 0 Å². The molecule has 76 valence electrons. The third-order valence-corrected chi connectivity index (χ3v) is 2.51. The molecule has 0 aliphatic carbocycles. The molecular formula is C10H20N2O. The summed E-state index contributed by atoms with van der Waals surface area (Å²) in [5.41, 5.74) is 6.19. The summed E-state index contributed by atoms with van der Waals surface area (Å²) >= 11 is 0. The summed E-state index contributed by atoms with van der Waals surface area (Å²) in [4.78, 5) is 2.21. The van der Waals surface area contributed by atoms with Gasteiger partial charge in [0.15, 0.2) is 0 Å². The molecule has 1 saturated heterocycles. The molecule has 0 amide bonds. The van der Waals surface area contributed by atoms with Crippen molar-refractivity contribution in [1.82, 2.24) is 4.90 Å². The Labute approximate surface area is 80.5 Å². The Kier molecular flexibility index (Phi) is 3.90. The van der Waals surface area contributed by atoms with E-state index in [1.807, 2.05) is 6.08 Å². The van der Waals surface area contributed by atoms with E-state index in [1.54, 1.807) is 0 Å². The summed E-state index contributed by atoms with van der Waals surface area (Å²) in [5.74, 6) is 0. The Morgan fingerprint density at radius 1 is 1.54 bits per heavy atom. The topological polar surface area (TPSA) is 38.5 Å². The molecule has 1 fully saturated rings. The molecule has 0 saturated carbocycles. The first-order chi connectivity index (χ1) is 6.16. The molecule has 13 heavy (non-hydrogen) atoms. The van der Waals surface area contributed by atoms with Crippen LogP contribution in [-0.4, -0.2) is 43.8 Å². The van der Waals surface area contributed by atoms with Gasteiger partial charge in [0.2, 0.25) is 0 Å². The molecule has 0 radical (unpaired) electrons. The van der Waals surface area contributed by atoms with Crippen LogP contribution < -0.4 is 5.73 Å². The van der Waals surface area contributed by atoms with E-state index in [2.05, 4.69) is 18.5 Å². The van der Waals surface area contributed by atoms with Crippen LogP contribution in [0.25, 0.3) is 0 Å². The SMILES string of the molecule is C=CCN(C)CC1(N)CCOCC1. The zero-order valence-electron chi connectivity index (χ0n) is 8.46. The van der Waals surface area contributed by atoms with Gasteiger partial charge in [-0.2, -0.15) is 0 Å². The Morgan fingerprint density at radius 2 is 2.15 bits per heavy atom. The van der Waals surface area contributed by atoms with Crippen LogP contribution in [0.5, 0.6) is 0 Å². The normalized spacial score (nSPS) is 21.8. The van der Waals surface area contributed by atoms with E-state index in [0.29, 0.717) is 0 Å². The minimum absolute atomic E-state index is 0.0456. The van der Waals surface area contributed by atoms with Crippen LogP contribution >= 0.6 is 0 Å². The smallest absolute Gasteiger partial charge is 0.0484 e. The van der Waals surface area contributed by atoms with E-state index >= 15 is 0 Å². The summed E-state index contributed by atoms with van der Waals surface area (Å²) < 4.78 is 5.29. The van der Waals surface area contributed by atoms with Gasteiger partial charge < -0.3 is 15.4 Å². The maximum absolute atomic E-state index is 6.23. The van der Waals surface area contributed by atoms with Crippen LogP contribution in [0, 0.1) is 0 Å². The Balaban J connectivity index is 2.35. The minimum Gasteiger partial charge on any atom is -0.381 e. The number of rotatable bonds is 4. The van der Waals surface area contributed by atoms with E-state index in [4.69, 9.17) is 10.5 Å². The number of ether oxygens (including phenoxy) is 1. The Hall–Kier alpha value is -0.380. The molecular weight excluding hydrogens is 164 g/mol. The fraction of sp³-hybridized carbons (Fsp3) is 0.800. The predicted octanol–water partition coefficient (Wildman–Crippen LogP) is 0.612. The third kappa shape index (κ3) is 3.46. The zero-order chi connectivity index (χ0) is 9.73. The van der Waals surface area contributed by atoms with Gasteiger partial charge in [0.05, 0.1) is 0 Å². The molecule has 1 aliphatic rings. The molecule has 0 spiro atoms. The number of hydrogen-bond donors (Lipinski definition) is 1. The lowest BCUT2D eigenvalue weighted by molar-refractivity contribution is 0.0424. The van der Waals surface area contributed by atoms with Gasteiger partial charge in [-0.15, -0.1) is 6.58 Å². The van der Waals surface area contributed by atoms with E-state index < -0.39 is 0 Å². The van der Waals surface area contributed by atoms with E-state index in [-0.39, 0.29) is 5.54 Å². The second-order valence-electron chi connectivity index (χ2n) is 3.96. The predicted molar refractivity (Wildman–Crippen MR) is 54.7 cm³/mol. The van der Waals surface area contributed by atoms with Gasteiger partial charge in [0.1, 0.15) is 0 Å². The van der Waals surface area contributed by atoms with Gasteiger partial charge in [0.25, 0.3) is 0 Å². The maximum atomic E-state index is 6.23. The number of hydrogen-bond acceptors (Lipinski definition) is 3. The standard InChI is InChI=1S/C10H20N2O/c1-3-6-12(2)9-10(11)4-7-13-8-5-10/h3H,1,4-9,11H2,2H3. The highest BCUT2D eigenvalue weighted by Crippen LogP contribution is 2.18. The first-order valence-electron chi connectivity index (χ1n) is 4.82. The fourth-order valence-corrected chi connectivity index (χ4v) is 1.76. The number of nitrogens with zero attached hydrogens (tertiary/aromatic N) is 1. The van der Waals surface area contributed by atoms with Gasteiger partial charge in [-0.3, -0.25) is 0 Å². The molecule has 0 unspecified atom stereocenters. The van der Waals surface area contributed by atoms with Gasteiger partial charge in [0, 0.05) is 31.8 Å². The van der Waals surface area contributed by atoms with E-state index in [1.165, 1.54) is 0 Å². The molecule has 0 atom stereocenters. The van der Waals surface area contributed by atoms with Crippen LogP contribution in [0.4, 0.5) is 0 Å². The fourth-order valence-electron chi connectivity index (χ4n) is 1.76. The summed E-state index contributed by atoms with van der Waals surface area (Å²) in [6, 6.07) is 0. The van der Waals surface area contributed by atoms with Crippen molar-refractivity contribution in [3.05, 3.63) is 12.7 Å². The second kappa shape index (κ2) is 4.74. The van der Waals surface area contributed by atoms with Gasteiger partial charge >= 0.3 is 0 Å². The van der Waals surface area contributed by atoms with Gasteiger partial charge in [-0.1, -0.05) is 6.08 Å². The number of nitrogens with two attached hydrogens (primary N) is 1. The lowest BCUT2D eigenvalue weighted by Gasteiger charge is -2.36. The maximum Gasteiger partial charge on any atom is 0.0484 e. The zero-order valence-corrected chi connectivity index (χ0v) is 8.46. The molecule has 1 rings (SSSR count). The highest BCUT2D eigenvalue weighted by molar-refractivity contribution is 4.90. The van der Waals surface area contributed by atoms with Crippen molar-refractivity contribution in [2.45, 2.75) is 18.4 Å². The quantitative estimate of drug-likeness (QED) is 0.651. The monoisotopic (exact) mass is 184 g/mol. The average Bonchev–Trinajstić information content (AvgIpc) is 2.04. The molecule has 0 aromatic heterocycles. The summed E-state index contributed by atoms with van der Waals surface area (Å²) in [7, 11) is 2.08. The van der Waals surface area contributed by atoms with Crippen molar-refractivity contribution >= 4 is 0 Å². The first kappa shape index (κ1) is 10.7. The Morgan fingerprint density at radius 3 is 2.69 bits per heavy atom. The van der Waals surface area contributed by atoms with Crippen molar-refractivity contribution in [2.24, 2.45) is 5.73 Å². The van der Waals surface area contributed by atoms with E-state index in [9.17, 15) is 0 Å². The second-order valence-corrected chi connectivity index (χ2v) is 3.96. The molecule has 1 heterocycles. The molecule has 0 aromatic carbocycles. The molecule has 1 aliphatic heterocycles. The van der Waals surface area contributed by atoms with Crippen molar-refractivity contribution in [3.63, 3.8) is 0 Å². The van der Waals surface area contributed by atoms with Gasteiger partial charge in [-0.25, -0.2) is 0 Å². The largest absolute Gasteiger partial charge is 0.381 e. The summed E-state index contributed by atoms with van der Waals surface area (Å²) in [6.07, 6.45) is 3.84. The highest BCUT2D eigenvalue weighted by atomic mass is 16.5. The van der Waals surface area contributed by atoms with Crippen LogP contribution in [0.15, 0.2) is 12.7 Å². The van der Waals surface area contributed by atoms with Crippen molar-refractivity contribution in [2.75, 3.05) is 33.4 Å². The third-order valence-electron chi connectivity index (χ3n) is 2.51. The van der Waals surface area contributed by atoms with Crippen LogP contribution in [0.1, 0.15) is 12.8 Å². The van der Waals surface area contributed by atoms with E-state index in [0.717, 1.165) is 39.1 Å².